The van der Waals surface area contributed by atoms with Crippen molar-refractivity contribution in [2.75, 3.05) is 37.6 Å². The molecule has 31 heavy (non-hydrogen) atoms. The molecule has 2 aromatic rings. The van der Waals surface area contributed by atoms with E-state index in [0.29, 0.717) is 11.9 Å². The van der Waals surface area contributed by atoms with Gasteiger partial charge in [-0.1, -0.05) is 25.5 Å². The zero-order valence-corrected chi connectivity index (χ0v) is 20.6. The second-order valence-corrected chi connectivity index (χ2v) is 12.4. The number of hydrogen-bond acceptors (Lipinski definition) is 6. The number of hydrogen-bond donors (Lipinski definition) is 0. The van der Waals surface area contributed by atoms with Gasteiger partial charge < -0.3 is 9.80 Å². The molecule has 1 spiro atoms. The van der Waals surface area contributed by atoms with Crippen molar-refractivity contribution in [3.63, 3.8) is 0 Å². The number of piperazine rings is 1. The van der Waals surface area contributed by atoms with Crippen LogP contribution in [0.3, 0.4) is 0 Å². The summed E-state index contributed by atoms with van der Waals surface area (Å²) in [4.78, 5) is 20.9. The Morgan fingerprint density at radius 2 is 1.94 bits per heavy atom. The Hall–Kier alpha value is -1.31. The smallest absolute Gasteiger partial charge is 0.241 e. The summed E-state index contributed by atoms with van der Waals surface area (Å²) in [7, 11) is 0. The Balaban J connectivity index is 1.32. The van der Waals surface area contributed by atoms with Crippen molar-refractivity contribution in [2.45, 2.75) is 68.5 Å². The molecule has 0 N–H and O–H groups in total. The van der Waals surface area contributed by atoms with Crippen LogP contribution in [0.2, 0.25) is 0 Å². The highest BCUT2D eigenvalue weighted by Gasteiger charge is 2.62. The first-order chi connectivity index (χ1) is 15.0. The van der Waals surface area contributed by atoms with E-state index in [9.17, 15) is 4.79 Å². The summed E-state index contributed by atoms with van der Waals surface area (Å²) in [5.41, 5.74) is 0. The van der Waals surface area contributed by atoms with Crippen molar-refractivity contribution in [1.29, 1.82) is 0 Å². The molecule has 5 rings (SSSR count). The predicted molar refractivity (Wildman–Crippen MR) is 132 cm³/mol. The maximum Gasteiger partial charge on any atom is 0.241 e. The number of thioether (sulfide) groups is 1. The fourth-order valence-electron chi connectivity index (χ4n) is 5.85. The van der Waals surface area contributed by atoms with Crippen LogP contribution in [0.25, 0.3) is 10.1 Å². The summed E-state index contributed by atoms with van der Waals surface area (Å²) in [6.07, 6.45) is 5.57. The van der Waals surface area contributed by atoms with Crippen molar-refractivity contribution in [1.82, 2.24) is 14.2 Å². The zero-order valence-electron chi connectivity index (χ0n) is 19.0. The molecule has 7 heteroatoms. The molecule has 1 aromatic heterocycles. The van der Waals surface area contributed by atoms with Gasteiger partial charge in [-0.15, -0.1) is 11.8 Å². The van der Waals surface area contributed by atoms with Crippen LogP contribution in [-0.4, -0.2) is 68.5 Å². The summed E-state index contributed by atoms with van der Waals surface area (Å²) >= 11 is 3.55. The van der Waals surface area contributed by atoms with Crippen LogP contribution in [0, 0.1) is 0 Å². The average Bonchev–Trinajstić information content (AvgIpc) is 3.43. The van der Waals surface area contributed by atoms with E-state index >= 15 is 0 Å². The van der Waals surface area contributed by atoms with Crippen LogP contribution >= 0.6 is 23.3 Å². The van der Waals surface area contributed by atoms with Crippen molar-refractivity contribution in [3.8, 4) is 0 Å². The molecule has 5 nitrogen and oxygen atoms in total. The molecule has 1 saturated carbocycles. The third-order valence-corrected chi connectivity index (χ3v) is 9.95. The molecule has 2 atom stereocenters. The number of aromatic nitrogens is 1. The van der Waals surface area contributed by atoms with Crippen molar-refractivity contribution < 1.29 is 4.79 Å². The molecule has 0 bridgehead atoms. The summed E-state index contributed by atoms with van der Waals surface area (Å²) in [6.45, 7) is 11.6. The highest BCUT2D eigenvalue weighted by molar-refractivity contribution is 8.03. The third kappa shape index (κ3) is 3.57. The number of nitrogens with zero attached hydrogens (tertiary/aromatic N) is 4. The van der Waals surface area contributed by atoms with Crippen LogP contribution in [0.1, 0.15) is 52.9 Å². The maximum absolute atomic E-state index is 13.8. The van der Waals surface area contributed by atoms with E-state index in [0.717, 1.165) is 70.6 Å². The highest BCUT2D eigenvalue weighted by Crippen LogP contribution is 2.56. The van der Waals surface area contributed by atoms with E-state index < -0.39 is 0 Å². The first-order valence-corrected chi connectivity index (χ1v) is 13.4. The fourth-order valence-corrected chi connectivity index (χ4v) is 8.67. The number of rotatable bonds is 5. The molecule has 2 unspecified atom stereocenters. The minimum Gasteiger partial charge on any atom is -0.353 e. The van der Waals surface area contributed by atoms with Gasteiger partial charge in [0.15, 0.2) is 0 Å². The molecule has 0 radical (unpaired) electrons. The number of benzene rings is 1. The van der Waals surface area contributed by atoms with E-state index in [1.165, 1.54) is 10.1 Å². The number of anilines is 1. The lowest BCUT2D eigenvalue weighted by molar-refractivity contribution is -0.135. The minimum absolute atomic E-state index is 0.101. The topological polar surface area (TPSA) is 39.7 Å². The molecule has 1 aliphatic carbocycles. The lowest BCUT2D eigenvalue weighted by Crippen LogP contribution is -2.58. The minimum atomic E-state index is -0.243. The number of carbonyl (C=O) groups excluding carboxylic acids is 1. The molecular weight excluding hydrogens is 424 g/mol. The van der Waals surface area contributed by atoms with Gasteiger partial charge in [0, 0.05) is 44.2 Å². The molecule has 168 valence electrons. The van der Waals surface area contributed by atoms with Gasteiger partial charge in [-0.3, -0.25) is 9.69 Å². The van der Waals surface area contributed by atoms with Crippen molar-refractivity contribution >= 4 is 45.1 Å². The molecule has 1 amide bonds. The van der Waals surface area contributed by atoms with E-state index in [1.807, 2.05) is 11.8 Å². The van der Waals surface area contributed by atoms with Gasteiger partial charge >= 0.3 is 0 Å². The summed E-state index contributed by atoms with van der Waals surface area (Å²) < 4.78 is 5.78. The summed E-state index contributed by atoms with van der Waals surface area (Å²) in [5.74, 6) is 1.55. The van der Waals surface area contributed by atoms with Crippen LogP contribution in [0.4, 0.5) is 5.82 Å². The Morgan fingerprint density at radius 3 is 2.71 bits per heavy atom. The van der Waals surface area contributed by atoms with Gasteiger partial charge in [-0.25, -0.2) is 0 Å². The lowest BCUT2D eigenvalue weighted by Gasteiger charge is -2.43. The van der Waals surface area contributed by atoms with Gasteiger partial charge in [-0.05, 0) is 63.2 Å². The standard InChI is InChI=1S/C24H34N4OS2/c1-4-5-13-28-22(29)24(31-23(28,2)3)12-8-11-20(24)26-14-16-27(17-15-26)21-18-9-6-7-10-19(18)30-25-21/h6-7,9-10,20H,4-5,8,11-17H2,1-3H3. The third-order valence-electron chi connectivity index (χ3n) is 7.40. The number of fused-ring (bicyclic) bond motifs is 1. The molecule has 1 aromatic carbocycles. The molecular formula is C24H34N4OS2. The van der Waals surface area contributed by atoms with E-state index in [-0.39, 0.29) is 9.62 Å². The number of amides is 1. The fraction of sp³-hybridized carbons (Fsp3) is 0.667. The maximum atomic E-state index is 13.8. The average molecular weight is 459 g/mol. The number of unbranched alkanes of at least 4 members (excludes halogenated alkanes) is 1. The summed E-state index contributed by atoms with van der Waals surface area (Å²) in [5, 5.41) is 1.27. The largest absolute Gasteiger partial charge is 0.353 e. The number of carbonyl (C=O) groups is 1. The van der Waals surface area contributed by atoms with Crippen LogP contribution in [-0.2, 0) is 4.79 Å². The Kier molecular flexibility index (Phi) is 5.72. The SMILES string of the molecule is CCCCN1C(=O)C2(CCCC2N2CCN(c3nsc4ccccc34)CC2)SC1(C)C. The highest BCUT2D eigenvalue weighted by atomic mass is 32.2. The van der Waals surface area contributed by atoms with Gasteiger partial charge in [-0.2, -0.15) is 4.37 Å². The van der Waals surface area contributed by atoms with Gasteiger partial charge in [0.25, 0.3) is 0 Å². The normalized spacial score (nSPS) is 29.0. The molecule has 3 aliphatic rings. The Labute approximate surface area is 194 Å². The van der Waals surface area contributed by atoms with Gasteiger partial charge in [0.1, 0.15) is 10.6 Å². The predicted octanol–water partition coefficient (Wildman–Crippen LogP) is 4.82. The quantitative estimate of drug-likeness (QED) is 0.642. The first kappa shape index (κ1) is 21.5. The summed E-state index contributed by atoms with van der Waals surface area (Å²) in [6, 6.07) is 8.90. The monoisotopic (exact) mass is 458 g/mol. The van der Waals surface area contributed by atoms with Crippen LogP contribution < -0.4 is 4.90 Å². The molecule has 2 saturated heterocycles. The Bertz CT molecular complexity index is 952. The molecule has 3 fully saturated rings. The van der Waals surface area contributed by atoms with Gasteiger partial charge in [0.05, 0.1) is 9.57 Å². The Morgan fingerprint density at radius 1 is 1.16 bits per heavy atom. The van der Waals surface area contributed by atoms with Crippen LogP contribution in [0.15, 0.2) is 24.3 Å². The van der Waals surface area contributed by atoms with E-state index in [1.54, 1.807) is 11.5 Å². The zero-order chi connectivity index (χ0) is 21.6. The van der Waals surface area contributed by atoms with E-state index in [2.05, 4.69) is 59.7 Å². The molecule has 2 aliphatic heterocycles. The first-order valence-electron chi connectivity index (χ1n) is 11.8. The lowest BCUT2D eigenvalue weighted by atomic mass is 9.97. The molecule has 3 heterocycles. The second-order valence-electron chi connectivity index (χ2n) is 9.68. The van der Waals surface area contributed by atoms with Crippen LogP contribution in [0.5, 0.6) is 0 Å². The van der Waals surface area contributed by atoms with Crippen molar-refractivity contribution in [2.24, 2.45) is 0 Å². The van der Waals surface area contributed by atoms with Crippen molar-refractivity contribution in [3.05, 3.63) is 24.3 Å². The van der Waals surface area contributed by atoms with E-state index in [4.69, 9.17) is 4.37 Å². The second kappa shape index (κ2) is 8.23. The van der Waals surface area contributed by atoms with Gasteiger partial charge in [0.2, 0.25) is 5.91 Å².